The van der Waals surface area contributed by atoms with Crippen molar-refractivity contribution in [1.82, 2.24) is 4.98 Å². The van der Waals surface area contributed by atoms with E-state index in [1.165, 1.54) is 38.3 Å². The van der Waals surface area contributed by atoms with Gasteiger partial charge >= 0.3 is 0 Å². The number of nitrogens with zero attached hydrogens (tertiary/aromatic N) is 1. The Balaban J connectivity index is 2.31. The van der Waals surface area contributed by atoms with E-state index < -0.39 is 0 Å². The first-order chi connectivity index (χ1) is 7.24. The maximum absolute atomic E-state index is 12.8. The van der Waals surface area contributed by atoms with Gasteiger partial charge < -0.3 is 0 Å². The van der Waals surface area contributed by atoms with Gasteiger partial charge in [0.15, 0.2) is 0 Å². The number of pyridine rings is 1. The van der Waals surface area contributed by atoms with Crippen LogP contribution in [0, 0.1) is 12.7 Å². The zero-order chi connectivity index (χ0) is 11.1. The Labute approximate surface area is 91.7 Å². The van der Waals surface area contributed by atoms with Crippen LogP contribution >= 0.6 is 0 Å². The monoisotopic (exact) mass is 209 g/mol. The minimum Gasteiger partial charge on any atom is -0.258 e. The molecule has 15 heavy (non-hydrogen) atoms. The lowest BCUT2D eigenvalue weighted by atomic mass is 10.1. The third-order valence-electron chi connectivity index (χ3n) is 2.67. The summed E-state index contributed by atoms with van der Waals surface area (Å²) in [6.07, 6.45) is 8.61. The molecule has 0 aromatic carbocycles. The molecule has 1 heterocycles. The number of unbranched alkanes of at least 4 members (excludes halogenated alkanes) is 4. The molecule has 1 rings (SSSR count). The average molecular weight is 209 g/mol. The summed E-state index contributed by atoms with van der Waals surface area (Å²) in [5.74, 6) is -0.234. The summed E-state index contributed by atoms with van der Waals surface area (Å²) in [7, 11) is 0. The van der Waals surface area contributed by atoms with Crippen molar-refractivity contribution in [2.24, 2.45) is 0 Å². The summed E-state index contributed by atoms with van der Waals surface area (Å²) in [6, 6.07) is 1.56. The molecule has 0 amide bonds. The van der Waals surface area contributed by atoms with E-state index in [4.69, 9.17) is 0 Å². The molecule has 84 valence electrons. The predicted molar refractivity (Wildman–Crippen MR) is 61.4 cm³/mol. The SMILES string of the molecule is CCCCCCCc1ncc(F)cc1C. The molecule has 0 fully saturated rings. The molecule has 0 aliphatic heterocycles. The number of rotatable bonds is 6. The fourth-order valence-electron chi connectivity index (χ4n) is 1.73. The van der Waals surface area contributed by atoms with Crippen molar-refractivity contribution in [2.45, 2.75) is 52.4 Å². The molecule has 0 atom stereocenters. The Bertz CT molecular complexity index is 297. The maximum Gasteiger partial charge on any atom is 0.141 e. The van der Waals surface area contributed by atoms with Gasteiger partial charge in [-0.1, -0.05) is 32.6 Å². The van der Waals surface area contributed by atoms with E-state index in [0.717, 1.165) is 17.7 Å². The Morgan fingerprint density at radius 3 is 2.60 bits per heavy atom. The summed E-state index contributed by atoms with van der Waals surface area (Å²) in [5.41, 5.74) is 2.03. The fraction of sp³-hybridized carbons (Fsp3) is 0.615. The molecule has 0 N–H and O–H groups in total. The van der Waals surface area contributed by atoms with Crippen LogP contribution < -0.4 is 0 Å². The highest BCUT2D eigenvalue weighted by Crippen LogP contribution is 2.11. The van der Waals surface area contributed by atoms with E-state index >= 15 is 0 Å². The molecule has 0 aliphatic rings. The molecule has 0 saturated heterocycles. The molecule has 2 heteroatoms. The van der Waals surface area contributed by atoms with E-state index in [-0.39, 0.29) is 5.82 Å². The fourth-order valence-corrected chi connectivity index (χ4v) is 1.73. The predicted octanol–water partition coefficient (Wildman–Crippen LogP) is 4.04. The van der Waals surface area contributed by atoms with Crippen LogP contribution in [0.4, 0.5) is 4.39 Å². The van der Waals surface area contributed by atoms with Crippen molar-refractivity contribution in [3.8, 4) is 0 Å². The first kappa shape index (κ1) is 12.2. The van der Waals surface area contributed by atoms with Crippen LogP contribution in [-0.2, 0) is 6.42 Å². The highest BCUT2D eigenvalue weighted by atomic mass is 19.1. The summed E-state index contributed by atoms with van der Waals surface area (Å²) in [4.78, 5) is 4.12. The zero-order valence-electron chi connectivity index (χ0n) is 9.72. The first-order valence-electron chi connectivity index (χ1n) is 5.85. The van der Waals surface area contributed by atoms with E-state index in [1.807, 2.05) is 6.92 Å². The van der Waals surface area contributed by atoms with Gasteiger partial charge in [-0.05, 0) is 31.4 Å². The Morgan fingerprint density at radius 1 is 1.20 bits per heavy atom. The van der Waals surface area contributed by atoms with Crippen molar-refractivity contribution in [2.75, 3.05) is 0 Å². The molecule has 1 aromatic rings. The van der Waals surface area contributed by atoms with Crippen molar-refractivity contribution >= 4 is 0 Å². The summed E-state index contributed by atoms with van der Waals surface area (Å²) < 4.78 is 12.8. The lowest BCUT2D eigenvalue weighted by molar-refractivity contribution is 0.608. The van der Waals surface area contributed by atoms with Gasteiger partial charge in [0.25, 0.3) is 0 Å². The maximum atomic E-state index is 12.8. The molecular formula is C13H20FN. The molecular weight excluding hydrogens is 189 g/mol. The number of hydrogen-bond acceptors (Lipinski definition) is 1. The Kier molecular flexibility index (Phi) is 5.30. The van der Waals surface area contributed by atoms with Crippen LogP contribution in [0.15, 0.2) is 12.3 Å². The average Bonchev–Trinajstić information content (AvgIpc) is 2.20. The topological polar surface area (TPSA) is 12.9 Å². The van der Waals surface area contributed by atoms with Gasteiger partial charge in [0.05, 0.1) is 6.20 Å². The second-order valence-corrected chi connectivity index (χ2v) is 4.08. The molecule has 0 aliphatic carbocycles. The minimum atomic E-state index is -0.234. The van der Waals surface area contributed by atoms with Gasteiger partial charge in [-0.25, -0.2) is 4.39 Å². The molecule has 0 unspecified atom stereocenters. The Hall–Kier alpha value is -0.920. The van der Waals surface area contributed by atoms with Crippen molar-refractivity contribution in [3.63, 3.8) is 0 Å². The normalized spacial score (nSPS) is 10.6. The van der Waals surface area contributed by atoms with E-state index in [2.05, 4.69) is 11.9 Å². The van der Waals surface area contributed by atoms with Gasteiger partial charge in [-0.3, -0.25) is 4.98 Å². The molecule has 0 radical (unpaired) electrons. The quantitative estimate of drug-likeness (QED) is 0.644. The number of hydrogen-bond donors (Lipinski definition) is 0. The summed E-state index contributed by atoms with van der Waals surface area (Å²) >= 11 is 0. The van der Waals surface area contributed by atoms with Gasteiger partial charge in [0.2, 0.25) is 0 Å². The van der Waals surface area contributed by atoms with Crippen LogP contribution in [0.1, 0.15) is 50.3 Å². The van der Waals surface area contributed by atoms with E-state index in [1.54, 1.807) is 6.07 Å². The van der Waals surface area contributed by atoms with Crippen molar-refractivity contribution < 1.29 is 4.39 Å². The Morgan fingerprint density at radius 2 is 1.93 bits per heavy atom. The van der Waals surface area contributed by atoms with Gasteiger partial charge in [-0.2, -0.15) is 0 Å². The second-order valence-electron chi connectivity index (χ2n) is 4.08. The highest BCUT2D eigenvalue weighted by Gasteiger charge is 2.01. The third-order valence-corrected chi connectivity index (χ3v) is 2.67. The van der Waals surface area contributed by atoms with Crippen LogP contribution in [0.3, 0.4) is 0 Å². The molecule has 1 nitrogen and oxygen atoms in total. The van der Waals surface area contributed by atoms with E-state index in [0.29, 0.717) is 0 Å². The van der Waals surface area contributed by atoms with Crippen LogP contribution in [0.5, 0.6) is 0 Å². The number of halogens is 1. The van der Waals surface area contributed by atoms with Crippen LogP contribution in [-0.4, -0.2) is 4.98 Å². The zero-order valence-corrected chi connectivity index (χ0v) is 9.72. The minimum absolute atomic E-state index is 0.234. The number of aromatic nitrogens is 1. The number of aryl methyl sites for hydroxylation is 2. The van der Waals surface area contributed by atoms with Gasteiger partial charge in [0, 0.05) is 5.69 Å². The summed E-state index contributed by atoms with van der Waals surface area (Å²) in [5, 5.41) is 0. The largest absolute Gasteiger partial charge is 0.258 e. The molecule has 0 saturated carbocycles. The van der Waals surface area contributed by atoms with Crippen LogP contribution in [0.25, 0.3) is 0 Å². The molecule has 0 spiro atoms. The van der Waals surface area contributed by atoms with E-state index in [9.17, 15) is 4.39 Å². The third kappa shape index (κ3) is 4.41. The van der Waals surface area contributed by atoms with Gasteiger partial charge in [0.1, 0.15) is 5.82 Å². The second kappa shape index (κ2) is 6.54. The first-order valence-corrected chi connectivity index (χ1v) is 5.85. The van der Waals surface area contributed by atoms with Crippen LogP contribution in [0.2, 0.25) is 0 Å². The highest BCUT2D eigenvalue weighted by molar-refractivity contribution is 5.18. The molecule has 0 bridgehead atoms. The van der Waals surface area contributed by atoms with Crippen molar-refractivity contribution in [1.29, 1.82) is 0 Å². The smallest absolute Gasteiger partial charge is 0.141 e. The lowest BCUT2D eigenvalue weighted by Gasteiger charge is -2.04. The van der Waals surface area contributed by atoms with Crippen molar-refractivity contribution in [3.05, 3.63) is 29.3 Å². The standard InChI is InChI=1S/C13H20FN/c1-3-4-5-6-7-8-13-11(2)9-12(14)10-15-13/h9-10H,3-8H2,1-2H3. The van der Waals surface area contributed by atoms with Gasteiger partial charge in [-0.15, -0.1) is 0 Å². The summed E-state index contributed by atoms with van der Waals surface area (Å²) in [6.45, 7) is 4.14. The molecule has 1 aromatic heterocycles. The lowest BCUT2D eigenvalue weighted by Crippen LogP contribution is -1.95.